The van der Waals surface area contributed by atoms with Crippen molar-refractivity contribution in [1.29, 1.82) is 0 Å². The van der Waals surface area contributed by atoms with Crippen LogP contribution >= 0.6 is 0 Å². The summed E-state index contributed by atoms with van der Waals surface area (Å²) in [6.07, 6.45) is 16.6. The molecule has 1 saturated carbocycles. The third-order valence-electron chi connectivity index (χ3n) is 7.55. The van der Waals surface area contributed by atoms with E-state index in [2.05, 4.69) is 58.2 Å². The van der Waals surface area contributed by atoms with E-state index in [9.17, 15) is 4.79 Å². The second-order valence-corrected chi connectivity index (χ2v) is 10.3. The van der Waals surface area contributed by atoms with Gasteiger partial charge in [0, 0.05) is 43.6 Å². The van der Waals surface area contributed by atoms with Gasteiger partial charge in [-0.1, -0.05) is 43.2 Å². The van der Waals surface area contributed by atoms with Gasteiger partial charge in [-0.3, -0.25) is 4.79 Å². The molecular weight excluding hydrogens is 488 g/mol. The fraction of sp³-hybridized carbons (Fsp3) is 0.438. The van der Waals surface area contributed by atoms with E-state index in [4.69, 9.17) is 9.47 Å². The molecule has 7 heteroatoms. The average molecular weight is 531 g/mol. The molecule has 1 aliphatic rings. The second-order valence-electron chi connectivity index (χ2n) is 10.3. The summed E-state index contributed by atoms with van der Waals surface area (Å²) < 4.78 is 12.8. The molecule has 0 atom stereocenters. The maximum Gasteiger partial charge on any atom is 0.226 e. The van der Waals surface area contributed by atoms with Crippen molar-refractivity contribution in [1.82, 2.24) is 19.4 Å². The number of likely N-dealkylation sites (N-methyl/N-ethyl adjacent to an activating group) is 1. The number of rotatable bonds is 14. The molecular formula is C32H42N4O3. The van der Waals surface area contributed by atoms with Crippen LogP contribution in [0.5, 0.6) is 11.5 Å². The minimum atomic E-state index is 0.237. The quantitative estimate of drug-likeness (QED) is 0.270. The molecule has 3 aromatic rings. The number of carbonyl (C=O) groups is 1. The van der Waals surface area contributed by atoms with Crippen molar-refractivity contribution in [3.8, 4) is 17.2 Å². The van der Waals surface area contributed by atoms with Crippen LogP contribution in [0, 0.1) is 0 Å². The van der Waals surface area contributed by atoms with Crippen LogP contribution in [0.3, 0.4) is 0 Å². The third kappa shape index (κ3) is 8.20. The number of methoxy groups -OCH3 is 2. The number of aromatic nitrogens is 2. The van der Waals surface area contributed by atoms with Gasteiger partial charge in [-0.2, -0.15) is 0 Å². The number of hydrogen-bond donors (Lipinski definition) is 0. The highest BCUT2D eigenvalue weighted by molar-refractivity contribution is 5.79. The number of hydrogen-bond acceptors (Lipinski definition) is 5. The summed E-state index contributed by atoms with van der Waals surface area (Å²) in [7, 11) is 5.48. The van der Waals surface area contributed by atoms with Crippen molar-refractivity contribution >= 4 is 12.0 Å². The molecule has 0 unspecified atom stereocenters. The molecule has 4 rings (SSSR count). The Morgan fingerprint density at radius 3 is 2.49 bits per heavy atom. The molecule has 2 aromatic carbocycles. The van der Waals surface area contributed by atoms with Gasteiger partial charge in [-0.05, 0) is 74.7 Å². The number of nitrogens with zero attached hydrogens (tertiary/aromatic N) is 4. The summed E-state index contributed by atoms with van der Waals surface area (Å²) in [4.78, 5) is 21.9. The Morgan fingerprint density at radius 1 is 1.03 bits per heavy atom. The number of imidazole rings is 1. The highest BCUT2D eigenvalue weighted by Crippen LogP contribution is 2.28. The van der Waals surface area contributed by atoms with E-state index in [0.717, 1.165) is 68.1 Å². The van der Waals surface area contributed by atoms with Gasteiger partial charge < -0.3 is 23.8 Å². The molecule has 1 amide bonds. The topological polar surface area (TPSA) is 59.8 Å². The minimum absolute atomic E-state index is 0.237. The maximum absolute atomic E-state index is 13.3. The van der Waals surface area contributed by atoms with Crippen LogP contribution in [0.1, 0.15) is 49.7 Å². The SMILES string of the molecule is COc1ccc(CCN(C)CCCN(C(=O)C/C=C/c2ccc(-n3ccnc3)cc2)C2CCCC2)cc1OC. The Hall–Kier alpha value is -3.58. The largest absolute Gasteiger partial charge is 0.493 e. The molecule has 0 N–H and O–H groups in total. The summed E-state index contributed by atoms with van der Waals surface area (Å²) in [5, 5.41) is 0. The van der Waals surface area contributed by atoms with Crippen molar-refractivity contribution in [2.24, 2.45) is 0 Å². The van der Waals surface area contributed by atoms with Crippen LogP contribution in [0.4, 0.5) is 0 Å². The van der Waals surface area contributed by atoms with Gasteiger partial charge in [0.1, 0.15) is 0 Å². The first-order valence-electron chi connectivity index (χ1n) is 14.0. The molecule has 39 heavy (non-hydrogen) atoms. The zero-order chi connectivity index (χ0) is 27.5. The fourth-order valence-corrected chi connectivity index (χ4v) is 5.29. The Labute approximate surface area is 233 Å². The zero-order valence-corrected chi connectivity index (χ0v) is 23.6. The lowest BCUT2D eigenvalue weighted by Crippen LogP contribution is -2.40. The van der Waals surface area contributed by atoms with Gasteiger partial charge in [0.05, 0.1) is 20.5 Å². The van der Waals surface area contributed by atoms with E-state index < -0.39 is 0 Å². The molecule has 0 radical (unpaired) electrons. The molecule has 208 valence electrons. The second kappa shape index (κ2) is 14.5. The first-order chi connectivity index (χ1) is 19.1. The molecule has 0 aliphatic heterocycles. The van der Waals surface area contributed by atoms with Crippen molar-refractivity contribution in [3.63, 3.8) is 0 Å². The Kier molecular flexibility index (Phi) is 10.6. The zero-order valence-electron chi connectivity index (χ0n) is 23.6. The van der Waals surface area contributed by atoms with Crippen LogP contribution in [0.2, 0.25) is 0 Å². The molecule has 1 fully saturated rings. The number of carbonyl (C=O) groups excluding carboxylic acids is 1. The normalized spacial score (nSPS) is 13.8. The van der Waals surface area contributed by atoms with E-state index in [0.29, 0.717) is 12.5 Å². The van der Waals surface area contributed by atoms with Crippen LogP contribution in [0.25, 0.3) is 11.8 Å². The lowest BCUT2D eigenvalue weighted by molar-refractivity contribution is -0.132. The maximum atomic E-state index is 13.3. The van der Waals surface area contributed by atoms with E-state index in [1.165, 1.54) is 18.4 Å². The fourth-order valence-electron chi connectivity index (χ4n) is 5.29. The average Bonchev–Trinajstić information content (AvgIpc) is 3.70. The molecule has 7 nitrogen and oxygen atoms in total. The Balaban J connectivity index is 1.24. The molecule has 0 bridgehead atoms. The van der Waals surface area contributed by atoms with Crippen molar-refractivity contribution < 1.29 is 14.3 Å². The van der Waals surface area contributed by atoms with E-state index in [1.54, 1.807) is 26.7 Å². The summed E-state index contributed by atoms with van der Waals surface area (Å²) in [5.74, 6) is 1.76. The van der Waals surface area contributed by atoms with E-state index >= 15 is 0 Å². The van der Waals surface area contributed by atoms with Crippen LogP contribution < -0.4 is 9.47 Å². The predicted octanol–water partition coefficient (Wildman–Crippen LogP) is 5.63. The lowest BCUT2D eigenvalue weighted by atomic mass is 10.1. The molecule has 0 spiro atoms. The van der Waals surface area contributed by atoms with Gasteiger partial charge >= 0.3 is 0 Å². The molecule has 1 aliphatic carbocycles. The van der Waals surface area contributed by atoms with Crippen LogP contribution in [0.15, 0.2) is 67.3 Å². The molecule has 0 saturated heterocycles. The highest BCUT2D eigenvalue weighted by Gasteiger charge is 2.25. The summed E-state index contributed by atoms with van der Waals surface area (Å²) >= 11 is 0. The standard InChI is InChI=1S/C32H42N4O3/c1-34(22-18-27-14-17-30(38-2)31(24-27)39-3)20-7-21-36(29-9-4-5-10-29)32(37)11-6-8-26-12-15-28(16-13-26)35-23-19-33-25-35/h6,8,12-17,19,23-25,29H,4-5,7,9-11,18,20-22H2,1-3H3/b8-6+. The van der Waals surface area contributed by atoms with Gasteiger partial charge in [-0.15, -0.1) is 0 Å². The summed E-state index contributed by atoms with van der Waals surface area (Å²) in [6.45, 7) is 2.73. The summed E-state index contributed by atoms with van der Waals surface area (Å²) in [6, 6.07) is 14.8. The predicted molar refractivity (Wildman–Crippen MR) is 157 cm³/mol. The monoisotopic (exact) mass is 530 g/mol. The minimum Gasteiger partial charge on any atom is -0.493 e. The van der Waals surface area contributed by atoms with Gasteiger partial charge in [0.15, 0.2) is 11.5 Å². The molecule has 1 heterocycles. The lowest BCUT2D eigenvalue weighted by Gasteiger charge is -2.29. The first kappa shape index (κ1) is 28.4. The first-order valence-corrected chi connectivity index (χ1v) is 14.0. The van der Waals surface area contributed by atoms with Crippen molar-refractivity contribution in [2.45, 2.75) is 51.0 Å². The van der Waals surface area contributed by atoms with Crippen LogP contribution in [-0.2, 0) is 11.2 Å². The van der Waals surface area contributed by atoms with Gasteiger partial charge in [-0.25, -0.2) is 4.98 Å². The highest BCUT2D eigenvalue weighted by atomic mass is 16.5. The third-order valence-corrected chi connectivity index (χ3v) is 7.55. The van der Waals surface area contributed by atoms with Crippen molar-refractivity contribution in [3.05, 3.63) is 78.4 Å². The van der Waals surface area contributed by atoms with E-state index in [1.807, 2.05) is 29.0 Å². The van der Waals surface area contributed by atoms with Gasteiger partial charge in [0.2, 0.25) is 5.91 Å². The Bertz CT molecular complexity index is 1180. The smallest absolute Gasteiger partial charge is 0.226 e. The van der Waals surface area contributed by atoms with Crippen molar-refractivity contribution in [2.75, 3.05) is 40.9 Å². The number of benzene rings is 2. The van der Waals surface area contributed by atoms with Gasteiger partial charge in [0.25, 0.3) is 0 Å². The van der Waals surface area contributed by atoms with E-state index in [-0.39, 0.29) is 5.91 Å². The number of ether oxygens (including phenoxy) is 2. The number of amides is 1. The summed E-state index contributed by atoms with van der Waals surface area (Å²) in [5.41, 5.74) is 3.39. The van der Waals surface area contributed by atoms with Crippen LogP contribution in [-0.4, -0.2) is 72.2 Å². The Morgan fingerprint density at radius 2 is 1.79 bits per heavy atom. The molecule has 1 aromatic heterocycles.